The Labute approximate surface area is 117 Å². The average molecular weight is 284 g/mol. The Kier molecular flexibility index (Phi) is 6.02. The van der Waals surface area contributed by atoms with E-state index in [4.69, 9.17) is 0 Å². The van der Waals surface area contributed by atoms with E-state index in [0.29, 0.717) is 0 Å². The molecular formula is C14H15ClFNS. The summed E-state index contributed by atoms with van der Waals surface area (Å²) in [6.07, 6.45) is 2.06. The highest BCUT2D eigenvalue weighted by molar-refractivity contribution is 7.98. The largest absolute Gasteiger partial charge is 0.381 e. The van der Waals surface area contributed by atoms with E-state index in [-0.39, 0.29) is 18.2 Å². The normalized spacial score (nSPS) is 9.67. The highest BCUT2D eigenvalue weighted by Crippen LogP contribution is 2.16. The summed E-state index contributed by atoms with van der Waals surface area (Å²) >= 11 is 1.73. The minimum absolute atomic E-state index is 0. The van der Waals surface area contributed by atoms with Gasteiger partial charge in [-0.2, -0.15) is 0 Å². The van der Waals surface area contributed by atoms with Crippen LogP contribution in [-0.4, -0.2) is 6.26 Å². The second-order valence-corrected chi connectivity index (χ2v) is 4.59. The summed E-state index contributed by atoms with van der Waals surface area (Å²) in [6.45, 7) is 0.750. The van der Waals surface area contributed by atoms with Gasteiger partial charge in [0.15, 0.2) is 0 Å². The minimum atomic E-state index is -0.208. The summed E-state index contributed by atoms with van der Waals surface area (Å²) in [5.74, 6) is -0.208. The van der Waals surface area contributed by atoms with Gasteiger partial charge in [0.1, 0.15) is 5.82 Å². The minimum Gasteiger partial charge on any atom is -0.381 e. The van der Waals surface area contributed by atoms with Crippen molar-refractivity contribution in [3.05, 3.63) is 59.9 Å². The van der Waals surface area contributed by atoms with Crippen LogP contribution < -0.4 is 5.32 Å². The molecule has 0 aliphatic carbocycles. The molecule has 0 spiro atoms. The van der Waals surface area contributed by atoms with Crippen LogP contribution in [0.5, 0.6) is 0 Å². The lowest BCUT2D eigenvalue weighted by atomic mass is 10.2. The van der Waals surface area contributed by atoms with Crippen LogP contribution in [0.4, 0.5) is 10.1 Å². The fourth-order valence-electron chi connectivity index (χ4n) is 1.52. The summed E-state index contributed by atoms with van der Waals surface area (Å²) in [7, 11) is 0. The molecule has 0 unspecified atom stereocenters. The van der Waals surface area contributed by atoms with Gasteiger partial charge in [-0.3, -0.25) is 0 Å². The maximum absolute atomic E-state index is 12.7. The Bertz CT molecular complexity index is 470. The number of hydrogen-bond donors (Lipinski definition) is 1. The zero-order chi connectivity index (χ0) is 12.1. The van der Waals surface area contributed by atoms with Gasteiger partial charge in [-0.25, -0.2) is 4.39 Å². The van der Waals surface area contributed by atoms with Gasteiger partial charge in [-0.1, -0.05) is 12.1 Å². The van der Waals surface area contributed by atoms with E-state index in [1.807, 2.05) is 0 Å². The third kappa shape index (κ3) is 4.24. The molecule has 0 atom stereocenters. The van der Waals surface area contributed by atoms with Gasteiger partial charge in [0.2, 0.25) is 0 Å². The lowest BCUT2D eigenvalue weighted by Crippen LogP contribution is -1.98. The first-order chi connectivity index (χ1) is 8.28. The number of rotatable bonds is 4. The molecule has 96 valence electrons. The molecule has 18 heavy (non-hydrogen) atoms. The number of benzene rings is 2. The molecule has 0 saturated heterocycles. The fraction of sp³-hybridized carbons (Fsp3) is 0.143. The van der Waals surface area contributed by atoms with Crippen LogP contribution in [0.25, 0.3) is 0 Å². The smallest absolute Gasteiger partial charge is 0.123 e. The first-order valence-electron chi connectivity index (χ1n) is 5.40. The summed E-state index contributed by atoms with van der Waals surface area (Å²) in [6, 6.07) is 14.8. The topological polar surface area (TPSA) is 12.0 Å². The average Bonchev–Trinajstić information content (AvgIpc) is 2.39. The lowest BCUT2D eigenvalue weighted by Gasteiger charge is -2.06. The predicted molar refractivity (Wildman–Crippen MR) is 79.2 cm³/mol. The first kappa shape index (κ1) is 14.9. The van der Waals surface area contributed by atoms with Crippen molar-refractivity contribution in [2.45, 2.75) is 11.4 Å². The third-order valence-electron chi connectivity index (χ3n) is 2.50. The number of nitrogens with one attached hydrogen (secondary N) is 1. The zero-order valence-corrected chi connectivity index (χ0v) is 11.7. The molecular weight excluding hydrogens is 269 g/mol. The monoisotopic (exact) mass is 283 g/mol. The molecule has 0 saturated carbocycles. The fourth-order valence-corrected chi connectivity index (χ4v) is 1.92. The lowest BCUT2D eigenvalue weighted by molar-refractivity contribution is 0.628. The van der Waals surface area contributed by atoms with Gasteiger partial charge in [0, 0.05) is 17.1 Å². The van der Waals surface area contributed by atoms with E-state index in [2.05, 4.69) is 35.8 Å². The summed E-state index contributed by atoms with van der Waals surface area (Å²) in [4.78, 5) is 1.26. The molecule has 2 rings (SSSR count). The molecule has 0 aromatic heterocycles. The van der Waals surface area contributed by atoms with Crippen molar-refractivity contribution in [1.82, 2.24) is 0 Å². The van der Waals surface area contributed by atoms with Crippen LogP contribution in [-0.2, 0) is 6.54 Å². The van der Waals surface area contributed by atoms with Crippen molar-refractivity contribution in [3.8, 4) is 0 Å². The van der Waals surface area contributed by atoms with Gasteiger partial charge in [-0.05, 0) is 48.2 Å². The molecule has 0 bridgehead atoms. The number of anilines is 1. The van der Waals surface area contributed by atoms with Gasteiger partial charge < -0.3 is 5.32 Å². The van der Waals surface area contributed by atoms with Crippen molar-refractivity contribution >= 4 is 29.9 Å². The van der Waals surface area contributed by atoms with Crippen LogP contribution in [0.1, 0.15) is 5.56 Å². The Hall–Kier alpha value is -1.19. The van der Waals surface area contributed by atoms with E-state index in [0.717, 1.165) is 12.2 Å². The molecule has 0 fully saturated rings. The third-order valence-corrected chi connectivity index (χ3v) is 3.24. The molecule has 1 nitrogen and oxygen atoms in total. The van der Waals surface area contributed by atoms with Gasteiger partial charge in [-0.15, -0.1) is 24.2 Å². The van der Waals surface area contributed by atoms with Crippen molar-refractivity contribution < 1.29 is 4.39 Å². The summed E-state index contributed by atoms with van der Waals surface area (Å²) < 4.78 is 12.7. The van der Waals surface area contributed by atoms with Gasteiger partial charge in [0.25, 0.3) is 0 Å². The molecule has 0 aliphatic heterocycles. The van der Waals surface area contributed by atoms with E-state index < -0.39 is 0 Å². The van der Waals surface area contributed by atoms with E-state index in [1.54, 1.807) is 23.9 Å². The Balaban J connectivity index is 0.00000162. The van der Waals surface area contributed by atoms with Crippen molar-refractivity contribution in [3.63, 3.8) is 0 Å². The standard InChI is InChI=1S/C14H14FNS.ClH/c1-17-14-8-2-11(3-9-14)10-16-13-6-4-12(15)5-7-13;/h2-9,16H,10H2,1H3;1H. The van der Waals surface area contributed by atoms with Crippen LogP contribution in [0.2, 0.25) is 0 Å². The highest BCUT2D eigenvalue weighted by Gasteiger charge is 1.95. The summed E-state index contributed by atoms with van der Waals surface area (Å²) in [5, 5.41) is 3.25. The second-order valence-electron chi connectivity index (χ2n) is 3.71. The van der Waals surface area contributed by atoms with Crippen molar-refractivity contribution in [2.24, 2.45) is 0 Å². The highest BCUT2D eigenvalue weighted by atomic mass is 35.5. The second kappa shape index (κ2) is 7.29. The molecule has 0 radical (unpaired) electrons. The van der Waals surface area contributed by atoms with Crippen molar-refractivity contribution in [2.75, 3.05) is 11.6 Å². The number of thioether (sulfide) groups is 1. The SMILES string of the molecule is CSc1ccc(CNc2ccc(F)cc2)cc1.Cl. The quantitative estimate of drug-likeness (QED) is 0.824. The molecule has 0 heterocycles. The molecule has 1 N–H and O–H groups in total. The van der Waals surface area contributed by atoms with E-state index in [9.17, 15) is 4.39 Å². The van der Waals surface area contributed by atoms with Crippen LogP contribution in [0.15, 0.2) is 53.4 Å². The number of halogens is 2. The molecule has 0 amide bonds. The molecule has 4 heteroatoms. The molecule has 2 aromatic carbocycles. The molecule has 0 aliphatic rings. The molecule has 2 aromatic rings. The van der Waals surface area contributed by atoms with Crippen LogP contribution in [0, 0.1) is 5.82 Å². The zero-order valence-electron chi connectivity index (χ0n) is 10.0. The van der Waals surface area contributed by atoms with Crippen molar-refractivity contribution in [1.29, 1.82) is 0 Å². The van der Waals surface area contributed by atoms with E-state index in [1.165, 1.54) is 22.6 Å². The maximum Gasteiger partial charge on any atom is 0.123 e. The van der Waals surface area contributed by atoms with Crippen LogP contribution in [0.3, 0.4) is 0 Å². The maximum atomic E-state index is 12.7. The van der Waals surface area contributed by atoms with Gasteiger partial charge >= 0.3 is 0 Å². The predicted octanol–water partition coefficient (Wildman–Crippen LogP) is 4.58. The van der Waals surface area contributed by atoms with Gasteiger partial charge in [0.05, 0.1) is 0 Å². The number of hydrogen-bond acceptors (Lipinski definition) is 2. The Morgan fingerprint density at radius 1 is 1.00 bits per heavy atom. The van der Waals surface area contributed by atoms with Crippen LogP contribution >= 0.6 is 24.2 Å². The first-order valence-corrected chi connectivity index (χ1v) is 6.63. The Morgan fingerprint density at radius 3 is 2.17 bits per heavy atom. The Morgan fingerprint density at radius 2 is 1.61 bits per heavy atom. The summed E-state index contributed by atoms with van der Waals surface area (Å²) in [5.41, 5.74) is 2.15. The van der Waals surface area contributed by atoms with E-state index >= 15 is 0 Å².